The lowest BCUT2D eigenvalue weighted by Crippen LogP contribution is -2.48. The molecule has 4 heteroatoms. The highest BCUT2D eigenvalue weighted by molar-refractivity contribution is 6.34. The monoisotopic (exact) mass is 387 g/mol. The Labute approximate surface area is 170 Å². The van der Waals surface area contributed by atoms with Gasteiger partial charge in [-0.1, -0.05) is 6.07 Å². The summed E-state index contributed by atoms with van der Waals surface area (Å²) in [4.78, 5) is 27.5. The van der Waals surface area contributed by atoms with E-state index in [-0.39, 0.29) is 17.2 Å². The van der Waals surface area contributed by atoms with Crippen molar-refractivity contribution in [1.29, 1.82) is 0 Å². The number of rotatable bonds is 3. The van der Waals surface area contributed by atoms with Crippen molar-refractivity contribution in [1.82, 2.24) is 0 Å². The molecule has 2 amide bonds. The van der Waals surface area contributed by atoms with Crippen molar-refractivity contribution in [3.8, 4) is 5.75 Å². The smallest absolute Gasteiger partial charge is 0.266 e. The Kier molecular flexibility index (Phi) is 3.54. The SMILES string of the molecule is COc1ccc(N2C(=O)c3ccc(C45CC6CC(CC(C6)C4)C5)cc3C2=O)cc1. The maximum Gasteiger partial charge on any atom is 0.266 e. The predicted octanol–water partition coefficient (Wildman–Crippen LogP) is 4.96. The maximum absolute atomic E-state index is 13.2. The summed E-state index contributed by atoms with van der Waals surface area (Å²) in [6, 6.07) is 13.2. The number of anilines is 1. The number of benzene rings is 2. The van der Waals surface area contributed by atoms with Crippen LogP contribution < -0.4 is 9.64 Å². The van der Waals surface area contributed by atoms with E-state index >= 15 is 0 Å². The molecule has 148 valence electrons. The molecular formula is C25H25NO3. The van der Waals surface area contributed by atoms with Crippen molar-refractivity contribution in [2.45, 2.75) is 43.9 Å². The second kappa shape index (κ2) is 5.94. The first-order valence-electron chi connectivity index (χ1n) is 10.7. The first kappa shape index (κ1) is 17.3. The molecule has 0 radical (unpaired) electrons. The zero-order chi connectivity index (χ0) is 19.8. The van der Waals surface area contributed by atoms with E-state index in [1.165, 1.54) is 49.0 Å². The molecule has 29 heavy (non-hydrogen) atoms. The van der Waals surface area contributed by atoms with Crippen molar-refractivity contribution in [3.63, 3.8) is 0 Å². The fourth-order valence-electron chi connectivity index (χ4n) is 7.00. The number of hydrogen-bond donors (Lipinski definition) is 0. The predicted molar refractivity (Wildman–Crippen MR) is 110 cm³/mol. The molecule has 4 aliphatic carbocycles. The molecule has 0 saturated heterocycles. The number of amides is 2. The van der Waals surface area contributed by atoms with Crippen LogP contribution in [0.2, 0.25) is 0 Å². The average Bonchev–Trinajstić information content (AvgIpc) is 2.97. The van der Waals surface area contributed by atoms with Crippen LogP contribution in [0, 0.1) is 17.8 Å². The molecule has 7 rings (SSSR count). The van der Waals surface area contributed by atoms with Gasteiger partial charge in [0, 0.05) is 0 Å². The number of carbonyl (C=O) groups excluding carboxylic acids is 2. The number of carbonyl (C=O) groups is 2. The van der Waals surface area contributed by atoms with Crippen LogP contribution in [0.3, 0.4) is 0 Å². The summed E-state index contributed by atoms with van der Waals surface area (Å²) < 4.78 is 5.19. The van der Waals surface area contributed by atoms with E-state index in [9.17, 15) is 9.59 Å². The van der Waals surface area contributed by atoms with Crippen LogP contribution in [0.5, 0.6) is 5.75 Å². The van der Waals surface area contributed by atoms with Gasteiger partial charge in [0.2, 0.25) is 0 Å². The van der Waals surface area contributed by atoms with Gasteiger partial charge in [0.15, 0.2) is 0 Å². The molecule has 1 aliphatic heterocycles. The van der Waals surface area contributed by atoms with Crippen LogP contribution in [0.4, 0.5) is 5.69 Å². The van der Waals surface area contributed by atoms with Crippen molar-refractivity contribution in [2.24, 2.45) is 17.8 Å². The Morgan fingerprint density at radius 2 is 1.41 bits per heavy atom. The third kappa shape index (κ3) is 2.44. The van der Waals surface area contributed by atoms with Gasteiger partial charge in [0.05, 0.1) is 23.9 Å². The van der Waals surface area contributed by atoms with Gasteiger partial charge in [-0.05, 0) is 104 Å². The van der Waals surface area contributed by atoms with E-state index in [1.807, 2.05) is 12.1 Å². The van der Waals surface area contributed by atoms with Crippen molar-refractivity contribution in [2.75, 3.05) is 12.0 Å². The number of nitrogens with zero attached hydrogens (tertiary/aromatic N) is 1. The van der Waals surface area contributed by atoms with Crippen LogP contribution in [0.15, 0.2) is 42.5 Å². The van der Waals surface area contributed by atoms with Gasteiger partial charge in [-0.15, -0.1) is 0 Å². The fourth-order valence-corrected chi connectivity index (χ4v) is 7.00. The topological polar surface area (TPSA) is 46.6 Å². The maximum atomic E-state index is 13.2. The highest BCUT2D eigenvalue weighted by Crippen LogP contribution is 2.60. The Morgan fingerprint density at radius 1 is 0.828 bits per heavy atom. The van der Waals surface area contributed by atoms with Crippen LogP contribution >= 0.6 is 0 Å². The molecule has 0 spiro atoms. The molecule has 2 aromatic carbocycles. The molecular weight excluding hydrogens is 362 g/mol. The standard InChI is InChI=1S/C25H25NO3/c1-29-20-5-3-19(4-6-20)26-23(27)21-7-2-18(11-22(21)24(26)28)25-12-15-8-16(13-25)10-17(9-15)14-25/h2-7,11,15-17H,8-10,12-14H2,1H3. The van der Waals surface area contributed by atoms with Crippen LogP contribution in [-0.4, -0.2) is 18.9 Å². The zero-order valence-electron chi connectivity index (χ0n) is 16.7. The summed E-state index contributed by atoms with van der Waals surface area (Å²) >= 11 is 0. The second-order valence-corrected chi connectivity index (χ2v) is 9.60. The Bertz CT molecular complexity index is 988. The largest absolute Gasteiger partial charge is 0.497 e. The summed E-state index contributed by atoms with van der Waals surface area (Å²) in [5, 5.41) is 0. The molecule has 4 saturated carbocycles. The lowest BCUT2D eigenvalue weighted by atomic mass is 9.48. The lowest BCUT2D eigenvalue weighted by molar-refractivity contribution is -0.00520. The molecule has 4 fully saturated rings. The summed E-state index contributed by atoms with van der Waals surface area (Å²) in [6.07, 6.45) is 7.94. The Morgan fingerprint density at radius 3 is 2.00 bits per heavy atom. The number of hydrogen-bond acceptors (Lipinski definition) is 3. The second-order valence-electron chi connectivity index (χ2n) is 9.60. The number of imide groups is 1. The minimum absolute atomic E-state index is 0.207. The normalized spacial score (nSPS) is 32.0. The van der Waals surface area contributed by atoms with E-state index < -0.39 is 0 Å². The fraction of sp³-hybridized carbons (Fsp3) is 0.440. The highest BCUT2D eigenvalue weighted by atomic mass is 16.5. The molecule has 0 atom stereocenters. The lowest BCUT2D eigenvalue weighted by Gasteiger charge is -2.57. The quantitative estimate of drug-likeness (QED) is 0.699. The van der Waals surface area contributed by atoms with Gasteiger partial charge in [-0.25, -0.2) is 4.90 Å². The number of fused-ring (bicyclic) bond motifs is 1. The van der Waals surface area contributed by atoms with Crippen LogP contribution in [0.1, 0.15) is 64.8 Å². The summed E-state index contributed by atoms with van der Waals surface area (Å²) in [7, 11) is 1.60. The molecule has 0 unspecified atom stereocenters. The van der Waals surface area contributed by atoms with E-state index in [4.69, 9.17) is 4.74 Å². The Balaban J connectivity index is 1.37. The first-order valence-corrected chi connectivity index (χ1v) is 10.7. The van der Waals surface area contributed by atoms with Gasteiger partial charge in [-0.2, -0.15) is 0 Å². The third-order valence-corrected chi connectivity index (χ3v) is 7.87. The minimum atomic E-state index is -0.229. The first-order chi connectivity index (χ1) is 14.1. The zero-order valence-corrected chi connectivity index (χ0v) is 16.7. The van der Waals surface area contributed by atoms with E-state index in [0.29, 0.717) is 22.6 Å². The van der Waals surface area contributed by atoms with Crippen LogP contribution in [0.25, 0.3) is 0 Å². The van der Waals surface area contributed by atoms with E-state index in [1.54, 1.807) is 31.4 Å². The van der Waals surface area contributed by atoms with Crippen molar-refractivity contribution < 1.29 is 14.3 Å². The van der Waals surface area contributed by atoms with Crippen molar-refractivity contribution >= 4 is 17.5 Å². The summed E-state index contributed by atoms with van der Waals surface area (Å²) in [5.74, 6) is 2.82. The van der Waals surface area contributed by atoms with Gasteiger partial charge in [-0.3, -0.25) is 9.59 Å². The average molecular weight is 387 g/mol. The van der Waals surface area contributed by atoms with Crippen molar-refractivity contribution in [3.05, 3.63) is 59.2 Å². The summed E-state index contributed by atoms with van der Waals surface area (Å²) in [5.41, 5.74) is 3.19. The Hall–Kier alpha value is -2.62. The molecule has 5 aliphatic rings. The third-order valence-electron chi connectivity index (χ3n) is 7.87. The van der Waals surface area contributed by atoms with Gasteiger partial charge in [0.1, 0.15) is 5.75 Å². The number of ether oxygens (including phenoxy) is 1. The van der Waals surface area contributed by atoms with Gasteiger partial charge in [0.25, 0.3) is 11.8 Å². The molecule has 2 aromatic rings. The van der Waals surface area contributed by atoms with Gasteiger partial charge < -0.3 is 4.74 Å². The van der Waals surface area contributed by atoms with E-state index in [2.05, 4.69) is 6.07 Å². The molecule has 1 heterocycles. The molecule has 0 aromatic heterocycles. The van der Waals surface area contributed by atoms with Gasteiger partial charge >= 0.3 is 0 Å². The highest BCUT2D eigenvalue weighted by Gasteiger charge is 2.52. The molecule has 4 nitrogen and oxygen atoms in total. The molecule has 0 N–H and O–H groups in total. The van der Waals surface area contributed by atoms with E-state index in [0.717, 1.165) is 17.8 Å². The minimum Gasteiger partial charge on any atom is -0.497 e. The summed E-state index contributed by atoms with van der Waals surface area (Å²) in [6.45, 7) is 0. The van der Waals surface area contributed by atoms with Crippen LogP contribution in [-0.2, 0) is 5.41 Å². The number of methoxy groups -OCH3 is 1. The molecule has 4 bridgehead atoms.